The van der Waals surface area contributed by atoms with E-state index in [0.717, 1.165) is 11.1 Å². The van der Waals surface area contributed by atoms with Crippen LogP contribution in [0.5, 0.6) is 5.75 Å². The molecule has 0 saturated carbocycles. The first-order valence-corrected chi connectivity index (χ1v) is 16.7. The molecule has 5 aromatic rings. The van der Waals surface area contributed by atoms with Gasteiger partial charge in [-0.05, 0) is 72.1 Å². The summed E-state index contributed by atoms with van der Waals surface area (Å²) in [4.78, 5) is 28.3. The van der Waals surface area contributed by atoms with Gasteiger partial charge in [0, 0.05) is 40.5 Å². The van der Waals surface area contributed by atoms with Crippen LogP contribution < -0.4 is 15.0 Å². The number of nitrogens with zero attached hydrogens (tertiary/aromatic N) is 4. The minimum absolute atomic E-state index is 0.0792. The summed E-state index contributed by atoms with van der Waals surface area (Å²) in [5, 5.41) is 33.8. The lowest BCUT2D eigenvalue weighted by atomic mass is 9.83. The fraction of sp³-hybridized carbons (Fsp3) is 0.231. The number of methoxy groups -OCH3 is 1. The van der Waals surface area contributed by atoms with Crippen LogP contribution in [0.3, 0.4) is 0 Å². The SMILES string of the molecule is COc1ccc(C(=O)Nc2ccc(CN3C(=O)[C@](O)([C@H](C)/C=C/CCn4cc(C(CO)c5ccccc5)nn4)c4cc(Cl)ccc43)cc2)cc1. The Hall–Kier alpha value is -5.29. The van der Waals surface area contributed by atoms with E-state index >= 15 is 0 Å². The number of hydrogen-bond donors (Lipinski definition) is 3. The number of fused-ring (bicyclic) bond motifs is 1. The Morgan fingerprint density at radius 2 is 1.78 bits per heavy atom. The molecule has 0 bridgehead atoms. The Balaban J connectivity index is 1.11. The van der Waals surface area contributed by atoms with Crippen LogP contribution in [0.15, 0.2) is 115 Å². The lowest BCUT2D eigenvalue weighted by Gasteiger charge is -2.27. The highest BCUT2D eigenvalue weighted by Crippen LogP contribution is 2.46. The predicted molar refractivity (Wildman–Crippen MR) is 192 cm³/mol. The molecule has 256 valence electrons. The molecule has 3 N–H and O–H groups in total. The first-order valence-electron chi connectivity index (χ1n) is 16.3. The van der Waals surface area contributed by atoms with Crippen molar-refractivity contribution in [3.05, 3.63) is 148 Å². The van der Waals surface area contributed by atoms with Crippen LogP contribution in [0.1, 0.15) is 52.0 Å². The summed E-state index contributed by atoms with van der Waals surface area (Å²) in [7, 11) is 1.57. The molecule has 0 aliphatic carbocycles. The van der Waals surface area contributed by atoms with Gasteiger partial charge in [0.1, 0.15) is 5.75 Å². The number of carbonyl (C=O) groups excluding carboxylic acids is 2. The van der Waals surface area contributed by atoms with E-state index in [1.54, 1.807) is 71.3 Å². The number of nitrogens with one attached hydrogen (secondary N) is 1. The van der Waals surface area contributed by atoms with Gasteiger partial charge in [0.2, 0.25) is 0 Å². The number of aromatic nitrogens is 3. The minimum Gasteiger partial charge on any atom is -0.497 e. The second-order valence-corrected chi connectivity index (χ2v) is 12.7. The van der Waals surface area contributed by atoms with Crippen molar-refractivity contribution < 1.29 is 24.5 Å². The van der Waals surface area contributed by atoms with Crippen molar-refractivity contribution in [3.63, 3.8) is 0 Å². The normalized spacial score (nSPS) is 16.7. The molecule has 2 amide bonds. The second kappa shape index (κ2) is 15.1. The molecule has 0 saturated heterocycles. The van der Waals surface area contributed by atoms with Crippen LogP contribution in [-0.2, 0) is 23.5 Å². The average Bonchev–Trinajstić information content (AvgIpc) is 3.69. The topological polar surface area (TPSA) is 130 Å². The third-order valence-corrected chi connectivity index (χ3v) is 9.28. The van der Waals surface area contributed by atoms with Crippen LogP contribution in [-0.4, -0.2) is 50.7 Å². The third-order valence-electron chi connectivity index (χ3n) is 9.04. The number of allylic oxidation sites excluding steroid dienone is 1. The van der Waals surface area contributed by atoms with E-state index in [2.05, 4.69) is 15.6 Å². The molecule has 6 rings (SSSR count). The fourth-order valence-electron chi connectivity index (χ4n) is 6.18. The Morgan fingerprint density at radius 3 is 2.48 bits per heavy atom. The van der Waals surface area contributed by atoms with Gasteiger partial charge < -0.3 is 25.2 Å². The molecule has 1 aliphatic heterocycles. The molecular weight excluding hydrogens is 654 g/mol. The zero-order valence-corrected chi connectivity index (χ0v) is 28.5. The van der Waals surface area contributed by atoms with E-state index in [0.29, 0.717) is 51.9 Å². The number of aliphatic hydroxyl groups excluding tert-OH is 1. The molecule has 0 radical (unpaired) electrons. The molecular formula is C39H38ClN5O5. The lowest BCUT2D eigenvalue weighted by molar-refractivity contribution is -0.139. The average molecular weight is 692 g/mol. The number of benzene rings is 4. The monoisotopic (exact) mass is 691 g/mol. The van der Waals surface area contributed by atoms with Crippen LogP contribution >= 0.6 is 11.6 Å². The van der Waals surface area contributed by atoms with Crippen molar-refractivity contribution in [1.29, 1.82) is 0 Å². The van der Waals surface area contributed by atoms with Gasteiger partial charge in [-0.1, -0.05) is 78.4 Å². The largest absolute Gasteiger partial charge is 0.497 e. The van der Waals surface area contributed by atoms with Crippen LogP contribution in [0, 0.1) is 5.92 Å². The number of amides is 2. The smallest absolute Gasteiger partial charge is 0.264 e. The summed E-state index contributed by atoms with van der Waals surface area (Å²) in [6.07, 6.45) is 6.17. The summed E-state index contributed by atoms with van der Waals surface area (Å²) in [6, 6.07) is 28.9. The van der Waals surface area contributed by atoms with E-state index in [1.807, 2.05) is 67.7 Å². The maximum Gasteiger partial charge on any atom is 0.264 e. The number of ether oxygens (including phenoxy) is 1. The Kier molecular flexibility index (Phi) is 10.4. The van der Waals surface area contributed by atoms with E-state index in [-0.39, 0.29) is 25.0 Å². The number of carbonyl (C=O) groups is 2. The first kappa shape index (κ1) is 34.6. The van der Waals surface area contributed by atoms with E-state index < -0.39 is 17.4 Å². The highest BCUT2D eigenvalue weighted by Gasteiger charge is 2.52. The Morgan fingerprint density at radius 1 is 1.04 bits per heavy atom. The summed E-state index contributed by atoms with van der Waals surface area (Å²) in [5.74, 6) is -0.867. The molecule has 0 spiro atoms. The lowest BCUT2D eigenvalue weighted by Crippen LogP contribution is -2.44. The molecule has 10 nitrogen and oxygen atoms in total. The highest BCUT2D eigenvalue weighted by molar-refractivity contribution is 6.31. The number of aryl methyl sites for hydroxylation is 1. The summed E-state index contributed by atoms with van der Waals surface area (Å²) < 4.78 is 6.88. The van der Waals surface area contributed by atoms with Gasteiger partial charge in [-0.15, -0.1) is 5.10 Å². The molecule has 2 heterocycles. The fourth-order valence-corrected chi connectivity index (χ4v) is 6.35. The molecule has 3 atom stereocenters. The van der Waals surface area contributed by atoms with Gasteiger partial charge in [0.05, 0.1) is 37.6 Å². The molecule has 1 aliphatic rings. The van der Waals surface area contributed by atoms with Crippen molar-refractivity contribution in [2.45, 2.75) is 38.0 Å². The molecule has 50 heavy (non-hydrogen) atoms. The van der Waals surface area contributed by atoms with Crippen LogP contribution in [0.25, 0.3) is 0 Å². The molecule has 0 fully saturated rings. The standard InChI is InChI=1S/C39H38ClN5O5/c1-26(8-6-7-21-44-24-35(42-43-44)33(25-46)28-9-4-3-5-10-28)39(49)34-22-30(40)15-20-36(34)45(38(39)48)23-27-11-16-31(17-12-27)41-37(47)29-13-18-32(50-2)19-14-29/h3-6,8-20,22,24,26,33,46,49H,7,21,23,25H2,1-2H3,(H,41,47)/b8-6+/t26-,33?,39+/m1/s1. The van der Waals surface area contributed by atoms with Crippen LogP contribution in [0.2, 0.25) is 5.02 Å². The van der Waals surface area contributed by atoms with Crippen molar-refractivity contribution in [1.82, 2.24) is 15.0 Å². The highest BCUT2D eigenvalue weighted by atomic mass is 35.5. The first-order chi connectivity index (χ1) is 24.2. The van der Waals surface area contributed by atoms with Crippen LogP contribution in [0.4, 0.5) is 11.4 Å². The van der Waals surface area contributed by atoms with Crippen molar-refractivity contribution in [2.75, 3.05) is 23.9 Å². The predicted octanol–water partition coefficient (Wildman–Crippen LogP) is 6.33. The van der Waals surface area contributed by atoms with Crippen molar-refractivity contribution in [2.24, 2.45) is 5.92 Å². The van der Waals surface area contributed by atoms with Crippen molar-refractivity contribution >= 4 is 34.8 Å². The van der Waals surface area contributed by atoms with E-state index in [4.69, 9.17) is 16.3 Å². The van der Waals surface area contributed by atoms with Gasteiger partial charge in [-0.2, -0.15) is 0 Å². The summed E-state index contributed by atoms with van der Waals surface area (Å²) in [5.41, 5.74) is 2.78. The van der Waals surface area contributed by atoms with E-state index in [9.17, 15) is 19.8 Å². The van der Waals surface area contributed by atoms with Gasteiger partial charge in [0.15, 0.2) is 5.60 Å². The zero-order valence-electron chi connectivity index (χ0n) is 27.7. The molecule has 4 aromatic carbocycles. The zero-order chi connectivity index (χ0) is 35.3. The van der Waals surface area contributed by atoms with Gasteiger partial charge in [-0.3, -0.25) is 14.3 Å². The Bertz CT molecular complexity index is 1980. The number of halogens is 1. The Labute approximate surface area is 295 Å². The molecule has 1 aromatic heterocycles. The quantitative estimate of drug-likeness (QED) is 0.123. The molecule has 1 unspecified atom stereocenters. The van der Waals surface area contributed by atoms with Crippen molar-refractivity contribution in [3.8, 4) is 5.75 Å². The number of hydrogen-bond acceptors (Lipinski definition) is 7. The van der Waals surface area contributed by atoms with E-state index in [1.165, 1.54) is 0 Å². The second-order valence-electron chi connectivity index (χ2n) is 12.3. The number of rotatable bonds is 13. The van der Waals surface area contributed by atoms with Gasteiger partial charge in [-0.25, -0.2) is 0 Å². The number of aliphatic hydroxyl groups is 2. The maximum absolute atomic E-state index is 14.0. The summed E-state index contributed by atoms with van der Waals surface area (Å²) >= 11 is 6.37. The van der Waals surface area contributed by atoms with Gasteiger partial charge >= 0.3 is 0 Å². The minimum atomic E-state index is -1.83. The number of anilines is 2. The molecule has 11 heteroatoms. The maximum atomic E-state index is 14.0. The van der Waals surface area contributed by atoms with Gasteiger partial charge in [0.25, 0.3) is 11.8 Å². The summed E-state index contributed by atoms with van der Waals surface area (Å²) in [6.45, 7) is 2.47. The third kappa shape index (κ3) is 7.18.